The molecule has 1 unspecified atom stereocenters. The Morgan fingerprint density at radius 3 is 2.63 bits per heavy atom. The van der Waals surface area contributed by atoms with Gasteiger partial charge in [-0.05, 0) is 19.9 Å². The Morgan fingerprint density at radius 2 is 2.05 bits per heavy atom. The van der Waals surface area contributed by atoms with E-state index in [9.17, 15) is 5.11 Å². The number of benzene rings is 1. The Labute approximate surface area is 114 Å². The van der Waals surface area contributed by atoms with Gasteiger partial charge in [-0.2, -0.15) is 0 Å². The van der Waals surface area contributed by atoms with Crippen molar-refractivity contribution in [3.8, 4) is 11.5 Å². The minimum atomic E-state index is -0.660. The van der Waals surface area contributed by atoms with Crippen molar-refractivity contribution in [1.82, 2.24) is 0 Å². The zero-order valence-corrected chi connectivity index (χ0v) is 11.8. The molecule has 0 saturated carbocycles. The summed E-state index contributed by atoms with van der Waals surface area (Å²) in [6.07, 6.45) is -0.660. The quantitative estimate of drug-likeness (QED) is 0.748. The van der Waals surface area contributed by atoms with Crippen LogP contribution >= 0.6 is 0 Å². The minimum Gasteiger partial charge on any atom is -0.497 e. The molecule has 5 nitrogen and oxygen atoms in total. The molecule has 0 spiro atoms. The first-order chi connectivity index (χ1) is 9.08. The van der Waals surface area contributed by atoms with Crippen LogP contribution in [0.1, 0.15) is 25.5 Å². The molecule has 5 heteroatoms. The standard InChI is InChI=1S/C14H23NO4/c1-4-18-8-11(16)9-19-14-7-12(17-3)5-6-13(14)10(2)15/h5-7,10-11,16H,4,8-9,15H2,1-3H3/t10-,11?/m0/s1. The monoisotopic (exact) mass is 269 g/mol. The van der Waals surface area contributed by atoms with Gasteiger partial charge in [-0.15, -0.1) is 0 Å². The summed E-state index contributed by atoms with van der Waals surface area (Å²) in [6, 6.07) is 5.33. The molecule has 0 aromatic heterocycles. The normalized spacial score (nSPS) is 13.9. The Bertz CT molecular complexity index is 382. The summed E-state index contributed by atoms with van der Waals surface area (Å²) in [5.41, 5.74) is 6.76. The van der Waals surface area contributed by atoms with E-state index < -0.39 is 6.10 Å². The number of aliphatic hydroxyl groups excluding tert-OH is 1. The molecule has 2 atom stereocenters. The van der Waals surface area contributed by atoms with Crippen molar-refractivity contribution in [1.29, 1.82) is 0 Å². The second-order valence-corrected chi connectivity index (χ2v) is 4.32. The highest BCUT2D eigenvalue weighted by molar-refractivity contribution is 5.42. The third-order valence-electron chi connectivity index (χ3n) is 2.66. The van der Waals surface area contributed by atoms with Crippen LogP contribution in [-0.2, 0) is 4.74 Å². The molecule has 0 heterocycles. The number of aliphatic hydroxyl groups is 1. The van der Waals surface area contributed by atoms with Gasteiger partial charge in [0.15, 0.2) is 0 Å². The van der Waals surface area contributed by atoms with Crippen LogP contribution in [0.3, 0.4) is 0 Å². The van der Waals surface area contributed by atoms with E-state index in [1.807, 2.05) is 26.0 Å². The van der Waals surface area contributed by atoms with E-state index in [1.165, 1.54) is 0 Å². The van der Waals surface area contributed by atoms with E-state index in [-0.39, 0.29) is 19.3 Å². The second-order valence-electron chi connectivity index (χ2n) is 4.32. The summed E-state index contributed by atoms with van der Waals surface area (Å²) in [7, 11) is 1.59. The lowest BCUT2D eigenvalue weighted by Crippen LogP contribution is -2.24. The molecule has 0 aliphatic carbocycles. The number of hydrogen-bond acceptors (Lipinski definition) is 5. The largest absolute Gasteiger partial charge is 0.497 e. The van der Waals surface area contributed by atoms with E-state index in [0.717, 1.165) is 5.56 Å². The fourth-order valence-electron chi connectivity index (χ4n) is 1.63. The van der Waals surface area contributed by atoms with Crippen LogP contribution in [0.15, 0.2) is 18.2 Å². The van der Waals surface area contributed by atoms with E-state index in [1.54, 1.807) is 13.2 Å². The fraction of sp³-hybridized carbons (Fsp3) is 0.571. The molecule has 108 valence electrons. The summed E-state index contributed by atoms with van der Waals surface area (Å²) >= 11 is 0. The molecular weight excluding hydrogens is 246 g/mol. The highest BCUT2D eigenvalue weighted by atomic mass is 16.5. The van der Waals surface area contributed by atoms with E-state index >= 15 is 0 Å². The van der Waals surface area contributed by atoms with Crippen molar-refractivity contribution in [2.45, 2.75) is 26.0 Å². The topological polar surface area (TPSA) is 73.9 Å². The average molecular weight is 269 g/mol. The van der Waals surface area contributed by atoms with E-state index in [0.29, 0.717) is 18.1 Å². The smallest absolute Gasteiger partial charge is 0.127 e. The van der Waals surface area contributed by atoms with Gasteiger partial charge < -0.3 is 25.1 Å². The lowest BCUT2D eigenvalue weighted by Gasteiger charge is -2.17. The Kier molecular flexibility index (Phi) is 6.62. The van der Waals surface area contributed by atoms with Gasteiger partial charge in [0.05, 0.1) is 13.7 Å². The first kappa shape index (κ1) is 15.8. The van der Waals surface area contributed by atoms with Gasteiger partial charge in [-0.25, -0.2) is 0 Å². The number of ether oxygens (including phenoxy) is 3. The predicted molar refractivity (Wildman–Crippen MR) is 73.6 cm³/mol. The summed E-state index contributed by atoms with van der Waals surface area (Å²) in [5.74, 6) is 1.32. The minimum absolute atomic E-state index is 0.148. The van der Waals surface area contributed by atoms with Gasteiger partial charge in [0.2, 0.25) is 0 Å². The van der Waals surface area contributed by atoms with Crippen molar-refractivity contribution in [2.24, 2.45) is 5.73 Å². The maximum absolute atomic E-state index is 9.69. The summed E-state index contributed by atoms with van der Waals surface area (Å²) < 4.78 is 15.9. The molecule has 0 aliphatic heterocycles. The second kappa shape index (κ2) is 7.99. The molecule has 1 rings (SSSR count). The van der Waals surface area contributed by atoms with Gasteiger partial charge in [0.1, 0.15) is 24.2 Å². The van der Waals surface area contributed by atoms with E-state index in [4.69, 9.17) is 19.9 Å². The highest BCUT2D eigenvalue weighted by Gasteiger charge is 2.12. The molecule has 19 heavy (non-hydrogen) atoms. The Morgan fingerprint density at radius 1 is 1.32 bits per heavy atom. The summed E-state index contributed by atoms with van der Waals surface area (Å²) in [6.45, 7) is 4.75. The number of methoxy groups -OCH3 is 1. The molecule has 0 saturated heterocycles. The Balaban J connectivity index is 2.69. The van der Waals surface area contributed by atoms with Crippen molar-refractivity contribution >= 4 is 0 Å². The number of nitrogens with two attached hydrogens (primary N) is 1. The molecular formula is C14H23NO4. The van der Waals surface area contributed by atoms with Gasteiger partial charge in [-0.3, -0.25) is 0 Å². The van der Waals surface area contributed by atoms with Crippen LogP contribution in [0.2, 0.25) is 0 Å². The summed E-state index contributed by atoms with van der Waals surface area (Å²) in [4.78, 5) is 0. The van der Waals surface area contributed by atoms with Crippen LogP contribution in [0.5, 0.6) is 11.5 Å². The van der Waals surface area contributed by atoms with Crippen molar-refractivity contribution in [3.63, 3.8) is 0 Å². The van der Waals surface area contributed by atoms with Crippen LogP contribution in [0.4, 0.5) is 0 Å². The first-order valence-corrected chi connectivity index (χ1v) is 6.40. The fourth-order valence-corrected chi connectivity index (χ4v) is 1.63. The number of rotatable bonds is 8. The van der Waals surface area contributed by atoms with Gasteiger partial charge in [0, 0.05) is 24.3 Å². The van der Waals surface area contributed by atoms with Crippen LogP contribution in [0.25, 0.3) is 0 Å². The summed E-state index contributed by atoms with van der Waals surface area (Å²) in [5, 5.41) is 9.69. The van der Waals surface area contributed by atoms with Crippen molar-refractivity contribution in [3.05, 3.63) is 23.8 Å². The SMILES string of the molecule is CCOCC(O)COc1cc(OC)ccc1[C@H](C)N. The molecule has 3 N–H and O–H groups in total. The maximum atomic E-state index is 9.69. The van der Waals surface area contributed by atoms with Crippen LogP contribution in [0, 0.1) is 0 Å². The van der Waals surface area contributed by atoms with Crippen LogP contribution in [-0.4, -0.2) is 38.1 Å². The predicted octanol–water partition coefficient (Wildman–Crippen LogP) is 1.49. The lowest BCUT2D eigenvalue weighted by molar-refractivity contribution is 0.0162. The zero-order chi connectivity index (χ0) is 14.3. The zero-order valence-electron chi connectivity index (χ0n) is 11.8. The van der Waals surface area contributed by atoms with Crippen LogP contribution < -0.4 is 15.2 Å². The van der Waals surface area contributed by atoms with Gasteiger partial charge in [-0.1, -0.05) is 6.07 Å². The lowest BCUT2D eigenvalue weighted by atomic mass is 10.1. The third-order valence-corrected chi connectivity index (χ3v) is 2.66. The molecule has 1 aromatic rings. The first-order valence-electron chi connectivity index (χ1n) is 6.40. The molecule has 0 aliphatic rings. The molecule has 0 fully saturated rings. The highest BCUT2D eigenvalue weighted by Crippen LogP contribution is 2.28. The molecule has 1 aromatic carbocycles. The molecule has 0 bridgehead atoms. The van der Waals surface area contributed by atoms with Gasteiger partial charge >= 0.3 is 0 Å². The molecule has 0 radical (unpaired) electrons. The Hall–Kier alpha value is -1.30. The van der Waals surface area contributed by atoms with Gasteiger partial charge in [0.25, 0.3) is 0 Å². The van der Waals surface area contributed by atoms with Crippen molar-refractivity contribution < 1.29 is 19.3 Å². The molecule has 0 amide bonds. The number of hydrogen-bond donors (Lipinski definition) is 2. The van der Waals surface area contributed by atoms with E-state index in [2.05, 4.69) is 0 Å². The maximum Gasteiger partial charge on any atom is 0.127 e. The van der Waals surface area contributed by atoms with Crippen molar-refractivity contribution in [2.75, 3.05) is 26.9 Å². The average Bonchev–Trinajstić information content (AvgIpc) is 2.42. The third kappa shape index (κ3) is 5.06.